The lowest BCUT2D eigenvalue weighted by molar-refractivity contribution is -0.121. The number of rotatable bonds is 5. The summed E-state index contributed by atoms with van der Waals surface area (Å²) in [4.78, 5) is 32.0. The maximum absolute atomic E-state index is 13.1. The molecule has 1 aromatic heterocycles. The molecule has 2 amide bonds. The normalized spacial score (nSPS) is 16.2. The van der Waals surface area contributed by atoms with E-state index in [1.807, 2.05) is 48.5 Å². The molecule has 1 saturated heterocycles. The van der Waals surface area contributed by atoms with Gasteiger partial charge in [0.05, 0.1) is 10.7 Å². The molecule has 6 nitrogen and oxygen atoms in total. The Balaban J connectivity index is 1.47. The largest absolute Gasteiger partial charge is 0.330 e. The van der Waals surface area contributed by atoms with Crippen molar-refractivity contribution in [2.75, 3.05) is 17.2 Å². The number of carbonyl (C=O) groups is 2. The summed E-state index contributed by atoms with van der Waals surface area (Å²) in [6, 6.07) is 16.1. The van der Waals surface area contributed by atoms with Crippen LogP contribution in [0.2, 0.25) is 5.02 Å². The van der Waals surface area contributed by atoms with E-state index in [9.17, 15) is 9.59 Å². The van der Waals surface area contributed by atoms with E-state index in [1.54, 1.807) is 16.3 Å². The Morgan fingerprint density at radius 3 is 2.63 bits per heavy atom. The monoisotopic (exact) mass is 440 g/mol. The molecule has 0 spiro atoms. The SMILES string of the molecule is O=C(Nc1ccccc1)C1CCCCN1C(=O)c1csc(Nc2ccccc2Cl)n1. The number of nitrogens with zero attached hydrogens (tertiary/aromatic N) is 2. The lowest BCUT2D eigenvalue weighted by atomic mass is 10.0. The molecule has 1 unspecified atom stereocenters. The van der Waals surface area contributed by atoms with Gasteiger partial charge in [0.25, 0.3) is 5.91 Å². The van der Waals surface area contributed by atoms with Gasteiger partial charge in [0.1, 0.15) is 11.7 Å². The van der Waals surface area contributed by atoms with E-state index in [1.165, 1.54) is 11.3 Å². The lowest BCUT2D eigenvalue weighted by Crippen LogP contribution is -2.50. The van der Waals surface area contributed by atoms with Gasteiger partial charge in [-0.1, -0.05) is 41.9 Å². The molecule has 0 bridgehead atoms. The molecule has 0 radical (unpaired) electrons. The predicted molar refractivity (Wildman–Crippen MR) is 121 cm³/mol. The van der Waals surface area contributed by atoms with Crippen LogP contribution in [0.25, 0.3) is 0 Å². The molecule has 4 rings (SSSR count). The summed E-state index contributed by atoms with van der Waals surface area (Å²) in [6.45, 7) is 0.538. The van der Waals surface area contributed by atoms with E-state index in [4.69, 9.17) is 11.6 Å². The van der Waals surface area contributed by atoms with Crippen molar-refractivity contribution in [1.82, 2.24) is 9.88 Å². The third-order valence-corrected chi connectivity index (χ3v) is 6.03. The number of nitrogens with one attached hydrogen (secondary N) is 2. The van der Waals surface area contributed by atoms with Crippen molar-refractivity contribution in [3.05, 3.63) is 70.7 Å². The Hall–Kier alpha value is -2.90. The molecule has 2 heterocycles. The zero-order valence-electron chi connectivity index (χ0n) is 16.2. The van der Waals surface area contributed by atoms with Gasteiger partial charge in [-0.05, 0) is 43.5 Å². The highest BCUT2D eigenvalue weighted by Gasteiger charge is 2.33. The van der Waals surface area contributed by atoms with Gasteiger partial charge >= 0.3 is 0 Å². The van der Waals surface area contributed by atoms with Crippen molar-refractivity contribution in [2.24, 2.45) is 0 Å². The van der Waals surface area contributed by atoms with Gasteiger partial charge in [0.15, 0.2) is 5.13 Å². The number of hydrogen-bond donors (Lipinski definition) is 2. The molecule has 0 aliphatic carbocycles. The molecular weight excluding hydrogens is 420 g/mol. The number of halogens is 1. The molecule has 1 atom stereocenters. The minimum absolute atomic E-state index is 0.168. The zero-order chi connectivity index (χ0) is 20.9. The number of anilines is 3. The third kappa shape index (κ3) is 4.63. The van der Waals surface area contributed by atoms with Gasteiger partial charge in [-0.15, -0.1) is 11.3 Å². The maximum Gasteiger partial charge on any atom is 0.274 e. The summed E-state index contributed by atoms with van der Waals surface area (Å²) in [5, 5.41) is 8.92. The van der Waals surface area contributed by atoms with Crippen molar-refractivity contribution >= 4 is 51.3 Å². The molecule has 1 fully saturated rings. The fourth-order valence-electron chi connectivity index (χ4n) is 3.45. The van der Waals surface area contributed by atoms with Crippen LogP contribution in [-0.4, -0.2) is 34.3 Å². The molecule has 1 aliphatic heterocycles. The van der Waals surface area contributed by atoms with E-state index >= 15 is 0 Å². The second-order valence-electron chi connectivity index (χ2n) is 7.01. The number of likely N-dealkylation sites (tertiary alicyclic amines) is 1. The van der Waals surface area contributed by atoms with Crippen molar-refractivity contribution < 1.29 is 9.59 Å². The molecular formula is C22H21ClN4O2S. The van der Waals surface area contributed by atoms with Crippen LogP contribution in [0.3, 0.4) is 0 Å². The fraction of sp³-hybridized carbons (Fsp3) is 0.227. The van der Waals surface area contributed by atoms with Crippen molar-refractivity contribution in [3.8, 4) is 0 Å². The second-order valence-corrected chi connectivity index (χ2v) is 8.27. The van der Waals surface area contributed by atoms with Crippen LogP contribution >= 0.6 is 22.9 Å². The Kier molecular flexibility index (Phi) is 6.30. The van der Waals surface area contributed by atoms with Crippen molar-refractivity contribution in [3.63, 3.8) is 0 Å². The third-order valence-electron chi connectivity index (χ3n) is 4.95. The van der Waals surface area contributed by atoms with Crippen LogP contribution in [0, 0.1) is 0 Å². The molecule has 30 heavy (non-hydrogen) atoms. The van der Waals surface area contributed by atoms with Crippen LogP contribution < -0.4 is 10.6 Å². The molecule has 0 saturated carbocycles. The van der Waals surface area contributed by atoms with Crippen LogP contribution in [0.1, 0.15) is 29.8 Å². The Labute approximate surface area is 183 Å². The second kappa shape index (κ2) is 9.28. The van der Waals surface area contributed by atoms with Gasteiger partial charge in [-0.2, -0.15) is 0 Å². The smallest absolute Gasteiger partial charge is 0.274 e. The van der Waals surface area contributed by atoms with Gasteiger partial charge < -0.3 is 15.5 Å². The average molecular weight is 441 g/mol. The van der Waals surface area contributed by atoms with Crippen LogP contribution in [0.4, 0.5) is 16.5 Å². The zero-order valence-corrected chi connectivity index (χ0v) is 17.7. The van der Waals surface area contributed by atoms with E-state index < -0.39 is 6.04 Å². The van der Waals surface area contributed by atoms with E-state index in [-0.39, 0.29) is 11.8 Å². The van der Waals surface area contributed by atoms with E-state index in [0.717, 1.165) is 24.2 Å². The number of thiazole rings is 1. The highest BCUT2D eigenvalue weighted by atomic mass is 35.5. The Morgan fingerprint density at radius 1 is 1.07 bits per heavy atom. The quantitative estimate of drug-likeness (QED) is 0.573. The number of amides is 2. The standard InChI is InChI=1S/C22H21ClN4O2S/c23-16-10-4-5-11-17(16)25-22-26-18(14-30-22)21(29)27-13-7-6-12-19(27)20(28)24-15-8-2-1-3-9-15/h1-5,8-11,14,19H,6-7,12-13H2,(H,24,28)(H,25,26). The van der Waals surface area contributed by atoms with E-state index in [0.29, 0.717) is 28.8 Å². The Bertz CT molecular complexity index is 1040. The van der Waals surface area contributed by atoms with Gasteiger partial charge in [0.2, 0.25) is 5.91 Å². The minimum atomic E-state index is -0.506. The number of para-hydroxylation sites is 2. The first-order chi connectivity index (χ1) is 14.6. The summed E-state index contributed by atoms with van der Waals surface area (Å²) in [7, 11) is 0. The van der Waals surface area contributed by atoms with Crippen LogP contribution in [-0.2, 0) is 4.79 Å². The first-order valence-corrected chi connectivity index (χ1v) is 11.0. The number of aromatic nitrogens is 1. The number of carbonyl (C=O) groups excluding carboxylic acids is 2. The van der Waals surface area contributed by atoms with Crippen LogP contribution in [0.5, 0.6) is 0 Å². The number of hydrogen-bond acceptors (Lipinski definition) is 5. The maximum atomic E-state index is 13.1. The number of benzene rings is 2. The Morgan fingerprint density at radius 2 is 1.83 bits per heavy atom. The first kappa shape index (κ1) is 20.4. The molecule has 154 valence electrons. The fourth-order valence-corrected chi connectivity index (χ4v) is 4.33. The van der Waals surface area contributed by atoms with Crippen LogP contribution in [0.15, 0.2) is 60.0 Å². The molecule has 2 N–H and O–H groups in total. The molecule has 2 aromatic carbocycles. The van der Waals surface area contributed by atoms with Gasteiger partial charge in [-0.25, -0.2) is 4.98 Å². The van der Waals surface area contributed by atoms with Crippen molar-refractivity contribution in [1.29, 1.82) is 0 Å². The van der Waals surface area contributed by atoms with E-state index in [2.05, 4.69) is 15.6 Å². The lowest BCUT2D eigenvalue weighted by Gasteiger charge is -2.34. The van der Waals surface area contributed by atoms with Gasteiger partial charge in [-0.3, -0.25) is 9.59 Å². The summed E-state index contributed by atoms with van der Waals surface area (Å²) >= 11 is 7.51. The number of piperidine rings is 1. The van der Waals surface area contributed by atoms with Crippen molar-refractivity contribution in [2.45, 2.75) is 25.3 Å². The summed E-state index contributed by atoms with van der Waals surface area (Å²) in [5.41, 5.74) is 1.78. The summed E-state index contributed by atoms with van der Waals surface area (Å²) < 4.78 is 0. The topological polar surface area (TPSA) is 74.3 Å². The summed E-state index contributed by atoms with van der Waals surface area (Å²) in [6.07, 6.45) is 2.42. The molecule has 1 aliphatic rings. The highest BCUT2D eigenvalue weighted by Crippen LogP contribution is 2.28. The molecule has 3 aromatic rings. The molecule has 8 heteroatoms. The first-order valence-electron chi connectivity index (χ1n) is 9.76. The van der Waals surface area contributed by atoms with Gasteiger partial charge in [0, 0.05) is 17.6 Å². The minimum Gasteiger partial charge on any atom is -0.330 e. The highest BCUT2D eigenvalue weighted by molar-refractivity contribution is 7.14. The average Bonchev–Trinajstić information content (AvgIpc) is 3.24. The summed E-state index contributed by atoms with van der Waals surface area (Å²) in [5.74, 6) is -0.398. The predicted octanol–water partition coefficient (Wildman–Crippen LogP) is 5.17.